The van der Waals surface area contributed by atoms with Gasteiger partial charge in [-0.3, -0.25) is 4.79 Å². The lowest BCUT2D eigenvalue weighted by atomic mass is 10.2. The van der Waals surface area contributed by atoms with E-state index in [9.17, 15) is 14.4 Å². The molecule has 0 aliphatic rings. The van der Waals surface area contributed by atoms with Crippen molar-refractivity contribution < 1.29 is 19.5 Å². The second-order valence-electron chi connectivity index (χ2n) is 4.12. The number of carbonyl (C=O) groups excluding carboxylic acids is 2. The minimum atomic E-state index is -1.20. The third kappa shape index (κ3) is 4.56. The van der Waals surface area contributed by atoms with Gasteiger partial charge in [0.2, 0.25) is 0 Å². The van der Waals surface area contributed by atoms with E-state index < -0.39 is 11.9 Å². The lowest BCUT2D eigenvalue weighted by Gasteiger charge is -2.12. The smallest absolute Gasteiger partial charge is 0.354 e. The van der Waals surface area contributed by atoms with Gasteiger partial charge in [-0.2, -0.15) is 0 Å². The second-order valence-corrected chi connectivity index (χ2v) is 4.12. The number of hydrogen-bond acceptors (Lipinski definition) is 4. The number of carbonyl (C=O) groups is 3. The summed E-state index contributed by atoms with van der Waals surface area (Å²) in [7, 11) is 3.22. The third-order valence-electron chi connectivity index (χ3n) is 2.33. The van der Waals surface area contributed by atoms with E-state index in [1.165, 1.54) is 23.2 Å². The van der Waals surface area contributed by atoms with Crippen LogP contribution in [0.25, 0.3) is 0 Å². The monoisotopic (exact) mass is 280 g/mol. The van der Waals surface area contributed by atoms with E-state index >= 15 is 0 Å². The van der Waals surface area contributed by atoms with Crippen molar-refractivity contribution in [1.29, 1.82) is 0 Å². The number of carboxylic acids is 1. The Labute approximate surface area is 115 Å². The Bertz CT molecular complexity index is 516. The Morgan fingerprint density at radius 3 is 2.50 bits per heavy atom. The molecule has 0 aliphatic heterocycles. The van der Waals surface area contributed by atoms with E-state index in [-0.39, 0.29) is 30.4 Å². The number of pyridine rings is 1. The summed E-state index contributed by atoms with van der Waals surface area (Å²) >= 11 is 0. The van der Waals surface area contributed by atoms with Gasteiger partial charge in [0.15, 0.2) is 0 Å². The molecule has 0 fully saturated rings. The fourth-order valence-corrected chi connectivity index (χ4v) is 1.29. The maximum Gasteiger partial charge on any atom is 0.354 e. The van der Waals surface area contributed by atoms with Crippen LogP contribution in [0.2, 0.25) is 0 Å². The van der Waals surface area contributed by atoms with E-state index in [1.807, 2.05) is 0 Å². The predicted molar refractivity (Wildman–Crippen MR) is 70.6 cm³/mol. The van der Waals surface area contributed by atoms with Crippen LogP contribution in [-0.4, -0.2) is 60.1 Å². The Morgan fingerprint density at radius 2 is 1.90 bits per heavy atom. The van der Waals surface area contributed by atoms with Crippen LogP contribution in [0, 0.1) is 0 Å². The molecule has 0 saturated heterocycles. The minimum absolute atomic E-state index is 0.196. The fraction of sp³-hybridized carbons (Fsp3) is 0.333. The van der Waals surface area contributed by atoms with Crippen LogP contribution >= 0.6 is 0 Å². The van der Waals surface area contributed by atoms with E-state index in [4.69, 9.17) is 5.11 Å². The maximum atomic E-state index is 11.7. The molecule has 108 valence electrons. The van der Waals surface area contributed by atoms with Gasteiger partial charge in [-0.1, -0.05) is 0 Å². The molecule has 1 aromatic heterocycles. The Morgan fingerprint density at radius 1 is 1.25 bits per heavy atom. The van der Waals surface area contributed by atoms with Gasteiger partial charge in [0.25, 0.3) is 5.91 Å². The Balaban J connectivity index is 2.45. The zero-order valence-corrected chi connectivity index (χ0v) is 11.2. The number of amides is 3. The van der Waals surface area contributed by atoms with E-state index in [2.05, 4.69) is 15.6 Å². The normalized spacial score (nSPS) is 9.70. The van der Waals surface area contributed by atoms with Crippen LogP contribution in [0.5, 0.6) is 0 Å². The van der Waals surface area contributed by atoms with Gasteiger partial charge in [0, 0.05) is 38.9 Å². The van der Waals surface area contributed by atoms with Crippen molar-refractivity contribution in [3.05, 3.63) is 29.6 Å². The highest BCUT2D eigenvalue weighted by molar-refractivity contribution is 5.96. The molecular weight excluding hydrogens is 264 g/mol. The van der Waals surface area contributed by atoms with Crippen molar-refractivity contribution >= 4 is 17.9 Å². The number of nitrogens with one attached hydrogen (secondary N) is 2. The lowest BCUT2D eigenvalue weighted by molar-refractivity contribution is 0.0690. The van der Waals surface area contributed by atoms with Gasteiger partial charge in [-0.05, 0) is 12.1 Å². The van der Waals surface area contributed by atoms with Crippen LogP contribution < -0.4 is 10.6 Å². The number of hydrogen-bond donors (Lipinski definition) is 3. The van der Waals surface area contributed by atoms with Crippen LogP contribution in [0.4, 0.5) is 4.79 Å². The predicted octanol–water partition coefficient (Wildman–Crippen LogP) is -0.219. The first kappa shape index (κ1) is 15.4. The molecule has 20 heavy (non-hydrogen) atoms. The number of aromatic carboxylic acids is 1. The number of rotatable bonds is 5. The largest absolute Gasteiger partial charge is 0.477 e. The fourth-order valence-electron chi connectivity index (χ4n) is 1.29. The molecule has 8 heteroatoms. The highest BCUT2D eigenvalue weighted by Crippen LogP contribution is 2.01. The molecule has 1 rings (SSSR count). The zero-order chi connectivity index (χ0) is 15.1. The summed E-state index contributed by atoms with van der Waals surface area (Å²) in [6, 6.07) is 2.35. The molecule has 0 aliphatic carbocycles. The summed E-state index contributed by atoms with van der Waals surface area (Å²) in [5, 5.41) is 13.9. The summed E-state index contributed by atoms with van der Waals surface area (Å²) in [5.74, 6) is -1.62. The van der Waals surface area contributed by atoms with Crippen molar-refractivity contribution in [1.82, 2.24) is 20.5 Å². The summed E-state index contributed by atoms with van der Waals surface area (Å²) in [6.45, 7) is 0.517. The number of carboxylic acid groups (broad SMARTS) is 1. The molecule has 1 heterocycles. The van der Waals surface area contributed by atoms with Gasteiger partial charge in [-0.25, -0.2) is 14.6 Å². The van der Waals surface area contributed by atoms with Gasteiger partial charge in [0.05, 0.1) is 0 Å². The lowest BCUT2D eigenvalue weighted by Crippen LogP contribution is -2.39. The van der Waals surface area contributed by atoms with Crippen LogP contribution in [0.3, 0.4) is 0 Å². The van der Waals surface area contributed by atoms with Crippen molar-refractivity contribution in [3.63, 3.8) is 0 Å². The topological polar surface area (TPSA) is 112 Å². The molecule has 0 saturated carbocycles. The summed E-state index contributed by atoms with van der Waals surface area (Å²) in [4.78, 5) is 38.7. The quantitative estimate of drug-likeness (QED) is 0.646. The average Bonchev–Trinajstić information content (AvgIpc) is 2.43. The first-order valence-corrected chi connectivity index (χ1v) is 5.84. The Hall–Kier alpha value is -2.64. The molecule has 0 bridgehead atoms. The SMILES string of the molecule is CN(C)C(=O)NCCNC(=O)c1ccnc(C(=O)O)c1. The molecule has 1 aromatic rings. The summed E-state index contributed by atoms with van der Waals surface area (Å²) in [6.07, 6.45) is 1.26. The van der Waals surface area contributed by atoms with Gasteiger partial charge in [0.1, 0.15) is 5.69 Å². The highest BCUT2D eigenvalue weighted by Gasteiger charge is 2.10. The van der Waals surface area contributed by atoms with Crippen molar-refractivity contribution in [2.45, 2.75) is 0 Å². The molecule has 0 spiro atoms. The molecule has 0 radical (unpaired) electrons. The van der Waals surface area contributed by atoms with E-state index in [0.717, 1.165) is 0 Å². The van der Waals surface area contributed by atoms with Crippen molar-refractivity contribution in [2.75, 3.05) is 27.2 Å². The molecule has 8 nitrogen and oxygen atoms in total. The van der Waals surface area contributed by atoms with Crippen molar-refractivity contribution in [2.24, 2.45) is 0 Å². The summed E-state index contributed by atoms with van der Waals surface area (Å²) in [5.41, 5.74) is 0.00916. The van der Waals surface area contributed by atoms with Crippen LogP contribution in [0.15, 0.2) is 18.3 Å². The molecule has 3 N–H and O–H groups in total. The highest BCUT2D eigenvalue weighted by atomic mass is 16.4. The standard InChI is InChI=1S/C12H16N4O4/c1-16(2)12(20)15-6-5-14-10(17)8-3-4-13-9(7-8)11(18)19/h3-4,7H,5-6H2,1-2H3,(H,14,17)(H,15,20)(H,18,19). The number of urea groups is 1. The van der Waals surface area contributed by atoms with E-state index in [0.29, 0.717) is 0 Å². The molecular formula is C12H16N4O4. The second kappa shape index (κ2) is 7.07. The number of nitrogens with zero attached hydrogens (tertiary/aromatic N) is 2. The van der Waals surface area contributed by atoms with E-state index in [1.54, 1.807) is 14.1 Å². The zero-order valence-electron chi connectivity index (χ0n) is 11.2. The van der Waals surface area contributed by atoms with Gasteiger partial charge >= 0.3 is 12.0 Å². The molecule has 0 unspecified atom stereocenters. The average molecular weight is 280 g/mol. The third-order valence-corrected chi connectivity index (χ3v) is 2.33. The first-order valence-electron chi connectivity index (χ1n) is 5.84. The van der Waals surface area contributed by atoms with Gasteiger partial charge < -0.3 is 20.6 Å². The van der Waals surface area contributed by atoms with Crippen LogP contribution in [0.1, 0.15) is 20.8 Å². The molecule has 3 amide bonds. The van der Waals surface area contributed by atoms with Crippen molar-refractivity contribution in [3.8, 4) is 0 Å². The maximum absolute atomic E-state index is 11.7. The van der Waals surface area contributed by atoms with Crippen LogP contribution in [-0.2, 0) is 0 Å². The molecule has 0 atom stereocenters. The molecule has 0 aromatic carbocycles. The Kier molecular flexibility index (Phi) is 5.45. The first-order chi connectivity index (χ1) is 9.41. The van der Waals surface area contributed by atoms with Gasteiger partial charge in [-0.15, -0.1) is 0 Å². The summed E-state index contributed by atoms with van der Waals surface area (Å²) < 4.78 is 0. The minimum Gasteiger partial charge on any atom is -0.477 e. The number of aromatic nitrogens is 1.